The molecule has 1 atom stereocenters. The fourth-order valence-electron chi connectivity index (χ4n) is 0.926. The molecule has 1 heterocycles. The summed E-state index contributed by atoms with van der Waals surface area (Å²) in [6.07, 6.45) is 0.890. The van der Waals surface area contributed by atoms with Crippen LogP contribution < -0.4 is 0 Å². The van der Waals surface area contributed by atoms with Gasteiger partial charge in [-0.15, -0.1) is 0 Å². The second kappa shape index (κ2) is 3.83. The van der Waals surface area contributed by atoms with E-state index in [2.05, 4.69) is 4.98 Å². The maximum atomic E-state index is 12.8. The summed E-state index contributed by atoms with van der Waals surface area (Å²) in [4.78, 5) is 3.42. The van der Waals surface area contributed by atoms with E-state index in [1.165, 1.54) is 12.3 Å². The lowest BCUT2D eigenvalue weighted by Crippen LogP contribution is -2.06. The lowest BCUT2D eigenvalue weighted by molar-refractivity contribution is 0.193. The number of rotatable bonds is 2. The zero-order valence-corrected chi connectivity index (χ0v) is 7.35. The first-order chi connectivity index (χ1) is 5.59. The van der Waals surface area contributed by atoms with Gasteiger partial charge < -0.3 is 5.11 Å². The monoisotopic (exact) mass is 189 g/mol. The first-order valence-electron chi connectivity index (χ1n) is 3.57. The highest BCUT2D eigenvalue weighted by Crippen LogP contribution is 2.13. The molecule has 0 aliphatic heterocycles. The quantitative estimate of drug-likeness (QED) is 0.720. The molecule has 0 spiro atoms. The third-order valence-corrected chi connectivity index (χ3v) is 1.60. The predicted molar refractivity (Wildman–Crippen MR) is 44.6 cm³/mol. The van der Waals surface area contributed by atoms with Crippen molar-refractivity contribution in [3.05, 3.63) is 28.8 Å². The van der Waals surface area contributed by atoms with Crippen molar-refractivity contribution in [1.29, 1.82) is 0 Å². The van der Waals surface area contributed by atoms with Crippen LogP contribution in [0, 0.1) is 5.95 Å². The molecule has 4 heteroatoms. The van der Waals surface area contributed by atoms with Gasteiger partial charge in [0.1, 0.15) is 0 Å². The van der Waals surface area contributed by atoms with Gasteiger partial charge in [-0.25, -0.2) is 4.98 Å². The van der Waals surface area contributed by atoms with Gasteiger partial charge in [-0.05, 0) is 13.0 Å². The summed E-state index contributed by atoms with van der Waals surface area (Å²) in [5.74, 6) is -0.569. The van der Waals surface area contributed by atoms with Crippen LogP contribution in [0.1, 0.15) is 12.5 Å². The number of hydrogen-bond donors (Lipinski definition) is 1. The van der Waals surface area contributed by atoms with E-state index >= 15 is 0 Å². The number of aromatic nitrogens is 1. The lowest BCUT2D eigenvalue weighted by atomic mass is 10.1. The van der Waals surface area contributed by atoms with E-state index in [4.69, 9.17) is 16.7 Å². The van der Waals surface area contributed by atoms with Crippen molar-refractivity contribution in [2.75, 3.05) is 0 Å². The minimum absolute atomic E-state index is 0.236. The summed E-state index contributed by atoms with van der Waals surface area (Å²) in [7, 11) is 0. The van der Waals surface area contributed by atoms with E-state index in [9.17, 15) is 4.39 Å². The molecule has 0 aliphatic rings. The zero-order valence-electron chi connectivity index (χ0n) is 6.59. The maximum Gasteiger partial charge on any atom is 0.216 e. The molecule has 0 bridgehead atoms. The second-order valence-electron chi connectivity index (χ2n) is 2.66. The molecule has 1 aromatic heterocycles. The van der Waals surface area contributed by atoms with Gasteiger partial charge in [-0.1, -0.05) is 11.6 Å². The molecule has 0 radical (unpaired) electrons. The molecule has 0 aliphatic carbocycles. The molecule has 0 saturated carbocycles. The summed E-state index contributed by atoms with van der Waals surface area (Å²) < 4.78 is 12.8. The topological polar surface area (TPSA) is 33.1 Å². The Balaban J connectivity index is 2.90. The first-order valence-corrected chi connectivity index (χ1v) is 3.95. The van der Waals surface area contributed by atoms with Crippen LogP contribution in [0.2, 0.25) is 5.02 Å². The maximum absolute atomic E-state index is 12.8. The molecular formula is C8H9ClFNO. The van der Waals surface area contributed by atoms with E-state index in [0.29, 0.717) is 10.6 Å². The van der Waals surface area contributed by atoms with Crippen molar-refractivity contribution >= 4 is 11.6 Å². The average Bonchev–Trinajstić information content (AvgIpc) is 1.96. The van der Waals surface area contributed by atoms with Crippen molar-refractivity contribution in [2.24, 2.45) is 0 Å². The molecule has 1 N–H and O–H groups in total. The van der Waals surface area contributed by atoms with Gasteiger partial charge in [0.25, 0.3) is 0 Å². The molecule has 0 fully saturated rings. The lowest BCUT2D eigenvalue weighted by Gasteiger charge is -2.04. The second-order valence-corrected chi connectivity index (χ2v) is 3.09. The standard InChI is InChI=1S/C8H9ClFNO/c1-5(12)2-6-3-7(9)4-11-8(6)10/h3-5,12H,2H2,1H3/t5-/m1/s1. The van der Waals surface area contributed by atoms with E-state index in [0.717, 1.165) is 0 Å². The van der Waals surface area contributed by atoms with Crippen molar-refractivity contribution in [1.82, 2.24) is 4.98 Å². The van der Waals surface area contributed by atoms with Crippen LogP contribution in [-0.4, -0.2) is 16.2 Å². The molecule has 66 valence electrons. The Kier molecular flexibility index (Phi) is 3.00. The number of aliphatic hydroxyl groups excluding tert-OH is 1. The van der Waals surface area contributed by atoms with Crippen molar-refractivity contribution in [3.8, 4) is 0 Å². The molecule has 1 rings (SSSR count). The van der Waals surface area contributed by atoms with Gasteiger partial charge in [0, 0.05) is 18.2 Å². The first kappa shape index (κ1) is 9.42. The Morgan fingerprint density at radius 3 is 3.00 bits per heavy atom. The van der Waals surface area contributed by atoms with Crippen molar-refractivity contribution < 1.29 is 9.50 Å². The zero-order chi connectivity index (χ0) is 9.14. The van der Waals surface area contributed by atoms with Crippen molar-refractivity contribution in [2.45, 2.75) is 19.4 Å². The van der Waals surface area contributed by atoms with Gasteiger partial charge in [0.05, 0.1) is 11.1 Å². The third kappa shape index (κ3) is 2.43. The summed E-state index contributed by atoms with van der Waals surface area (Å²) in [6, 6.07) is 1.47. The van der Waals surface area contributed by atoms with Gasteiger partial charge in [-0.2, -0.15) is 4.39 Å². The van der Waals surface area contributed by atoms with Crippen LogP contribution in [0.4, 0.5) is 4.39 Å². The molecule has 1 aromatic rings. The van der Waals surface area contributed by atoms with E-state index in [-0.39, 0.29) is 6.42 Å². The molecule has 0 unspecified atom stereocenters. The molecule has 0 aromatic carbocycles. The number of aliphatic hydroxyl groups is 1. The normalized spacial score (nSPS) is 13.0. The van der Waals surface area contributed by atoms with Crippen LogP contribution in [0.15, 0.2) is 12.3 Å². The Morgan fingerprint density at radius 1 is 1.75 bits per heavy atom. The Labute approximate surface area is 75.0 Å². The van der Waals surface area contributed by atoms with Crippen LogP contribution >= 0.6 is 11.6 Å². The Morgan fingerprint density at radius 2 is 2.42 bits per heavy atom. The number of nitrogens with zero attached hydrogens (tertiary/aromatic N) is 1. The van der Waals surface area contributed by atoms with Crippen molar-refractivity contribution in [3.63, 3.8) is 0 Å². The fourth-order valence-corrected chi connectivity index (χ4v) is 1.11. The van der Waals surface area contributed by atoms with Crippen LogP contribution in [0.3, 0.4) is 0 Å². The fraction of sp³-hybridized carbons (Fsp3) is 0.375. The van der Waals surface area contributed by atoms with E-state index in [1.54, 1.807) is 6.92 Å². The number of hydrogen-bond acceptors (Lipinski definition) is 2. The summed E-state index contributed by atoms with van der Waals surface area (Å²) in [5.41, 5.74) is 0.345. The predicted octanol–water partition coefficient (Wildman–Crippen LogP) is 1.80. The molecular weight excluding hydrogens is 181 g/mol. The highest BCUT2D eigenvalue weighted by Gasteiger charge is 2.06. The Bertz CT molecular complexity index is 278. The number of pyridine rings is 1. The average molecular weight is 190 g/mol. The smallest absolute Gasteiger partial charge is 0.216 e. The van der Waals surface area contributed by atoms with E-state index in [1.807, 2.05) is 0 Å². The van der Waals surface area contributed by atoms with Gasteiger partial charge in [0.15, 0.2) is 0 Å². The largest absolute Gasteiger partial charge is 0.393 e. The van der Waals surface area contributed by atoms with Gasteiger partial charge in [-0.3, -0.25) is 0 Å². The highest BCUT2D eigenvalue weighted by atomic mass is 35.5. The van der Waals surface area contributed by atoms with Gasteiger partial charge in [0.2, 0.25) is 5.95 Å². The number of halogens is 2. The van der Waals surface area contributed by atoms with E-state index < -0.39 is 12.1 Å². The molecule has 0 amide bonds. The molecule has 0 saturated heterocycles. The minimum Gasteiger partial charge on any atom is -0.393 e. The molecule has 2 nitrogen and oxygen atoms in total. The SMILES string of the molecule is C[C@@H](O)Cc1cc(Cl)cnc1F. The van der Waals surface area contributed by atoms with Crippen LogP contribution in [-0.2, 0) is 6.42 Å². The highest BCUT2D eigenvalue weighted by molar-refractivity contribution is 6.30. The third-order valence-electron chi connectivity index (χ3n) is 1.39. The Hall–Kier alpha value is -0.670. The van der Waals surface area contributed by atoms with Crippen LogP contribution in [0.5, 0.6) is 0 Å². The minimum atomic E-state index is -0.584. The summed E-state index contributed by atoms with van der Waals surface area (Å²) in [5, 5.41) is 9.37. The van der Waals surface area contributed by atoms with Crippen LogP contribution in [0.25, 0.3) is 0 Å². The van der Waals surface area contributed by atoms with Gasteiger partial charge >= 0.3 is 0 Å². The summed E-state index contributed by atoms with van der Waals surface area (Å²) >= 11 is 5.59. The molecule has 12 heavy (non-hydrogen) atoms. The summed E-state index contributed by atoms with van der Waals surface area (Å²) in [6.45, 7) is 1.58.